The standard InChI is InChI=1S/C18H12ClNO4/c19-15-5-1-3-12(8-15)7-14-11-17(24-18(14)21)10-13-4-2-6-16(9-13)20(22)23/h1-6,8-11H,7H2/b17-10-. The highest BCUT2D eigenvalue weighted by atomic mass is 35.5. The van der Waals surface area contributed by atoms with Crippen molar-refractivity contribution in [1.29, 1.82) is 0 Å². The quantitative estimate of drug-likeness (QED) is 0.472. The molecular weight excluding hydrogens is 330 g/mol. The molecule has 0 spiro atoms. The average molecular weight is 342 g/mol. The fourth-order valence-electron chi connectivity index (χ4n) is 2.39. The van der Waals surface area contributed by atoms with Gasteiger partial charge in [-0.1, -0.05) is 35.9 Å². The molecule has 3 rings (SSSR count). The molecule has 0 bridgehead atoms. The summed E-state index contributed by atoms with van der Waals surface area (Å²) in [7, 11) is 0. The lowest BCUT2D eigenvalue weighted by molar-refractivity contribution is -0.384. The number of halogens is 1. The van der Waals surface area contributed by atoms with Crippen LogP contribution in [-0.4, -0.2) is 10.9 Å². The Morgan fingerprint density at radius 3 is 2.71 bits per heavy atom. The van der Waals surface area contributed by atoms with Gasteiger partial charge in [0.2, 0.25) is 0 Å². The maximum atomic E-state index is 12.0. The molecule has 6 heteroatoms. The van der Waals surface area contributed by atoms with Crippen molar-refractivity contribution in [3.63, 3.8) is 0 Å². The minimum Gasteiger partial charge on any atom is -0.423 e. The van der Waals surface area contributed by atoms with E-state index in [4.69, 9.17) is 16.3 Å². The maximum absolute atomic E-state index is 12.0. The van der Waals surface area contributed by atoms with E-state index >= 15 is 0 Å². The van der Waals surface area contributed by atoms with Crippen LogP contribution in [-0.2, 0) is 16.0 Å². The van der Waals surface area contributed by atoms with Crippen molar-refractivity contribution in [2.75, 3.05) is 0 Å². The lowest BCUT2D eigenvalue weighted by atomic mass is 10.1. The van der Waals surface area contributed by atoms with Gasteiger partial charge in [-0.3, -0.25) is 10.1 Å². The summed E-state index contributed by atoms with van der Waals surface area (Å²) in [5.74, 6) is -0.0656. The molecule has 0 unspecified atom stereocenters. The Hall–Kier alpha value is -2.92. The Morgan fingerprint density at radius 2 is 1.96 bits per heavy atom. The Kier molecular flexibility index (Phi) is 4.44. The molecule has 0 amide bonds. The third-order valence-corrected chi connectivity index (χ3v) is 3.70. The number of carbonyl (C=O) groups excluding carboxylic acids is 1. The summed E-state index contributed by atoms with van der Waals surface area (Å²) >= 11 is 5.94. The first kappa shape index (κ1) is 16.0. The van der Waals surface area contributed by atoms with Crippen molar-refractivity contribution < 1.29 is 14.5 Å². The van der Waals surface area contributed by atoms with E-state index in [0.29, 0.717) is 28.3 Å². The van der Waals surface area contributed by atoms with Crippen LogP contribution in [0.2, 0.25) is 5.02 Å². The van der Waals surface area contributed by atoms with Crippen LogP contribution in [0.3, 0.4) is 0 Å². The molecule has 1 aliphatic heterocycles. The molecule has 0 N–H and O–H groups in total. The number of ether oxygens (including phenoxy) is 1. The van der Waals surface area contributed by atoms with Crippen LogP contribution in [0.5, 0.6) is 0 Å². The molecule has 1 aliphatic rings. The predicted molar refractivity (Wildman–Crippen MR) is 90.4 cm³/mol. The first-order valence-electron chi connectivity index (χ1n) is 7.14. The lowest BCUT2D eigenvalue weighted by Gasteiger charge is -2.00. The Balaban J connectivity index is 1.83. The number of esters is 1. The number of nitro groups is 1. The van der Waals surface area contributed by atoms with Crippen LogP contribution in [0.25, 0.3) is 6.08 Å². The van der Waals surface area contributed by atoms with Crippen LogP contribution in [0.1, 0.15) is 11.1 Å². The molecule has 1 heterocycles. The summed E-state index contributed by atoms with van der Waals surface area (Å²) in [5, 5.41) is 11.4. The number of allylic oxidation sites excluding steroid dienone is 1. The van der Waals surface area contributed by atoms with E-state index in [-0.39, 0.29) is 5.69 Å². The van der Waals surface area contributed by atoms with Gasteiger partial charge in [0, 0.05) is 29.1 Å². The fraction of sp³-hybridized carbons (Fsp3) is 0.0556. The van der Waals surface area contributed by atoms with Crippen molar-refractivity contribution in [3.05, 3.63) is 92.2 Å². The van der Waals surface area contributed by atoms with Crippen LogP contribution < -0.4 is 0 Å². The number of cyclic esters (lactones) is 1. The van der Waals surface area contributed by atoms with Crippen molar-refractivity contribution in [3.8, 4) is 0 Å². The molecule has 120 valence electrons. The van der Waals surface area contributed by atoms with Gasteiger partial charge in [-0.2, -0.15) is 0 Å². The first-order valence-corrected chi connectivity index (χ1v) is 7.52. The van der Waals surface area contributed by atoms with Gasteiger partial charge in [0.05, 0.1) is 4.92 Å². The zero-order valence-corrected chi connectivity index (χ0v) is 13.2. The summed E-state index contributed by atoms with van der Waals surface area (Å²) in [4.78, 5) is 22.3. The number of rotatable bonds is 4. The van der Waals surface area contributed by atoms with E-state index in [1.54, 1.807) is 36.4 Å². The number of hydrogen-bond donors (Lipinski definition) is 0. The zero-order chi connectivity index (χ0) is 17.1. The van der Waals surface area contributed by atoms with E-state index in [0.717, 1.165) is 5.56 Å². The fourth-order valence-corrected chi connectivity index (χ4v) is 2.60. The minimum absolute atomic E-state index is 0.0168. The highest BCUT2D eigenvalue weighted by Gasteiger charge is 2.21. The molecule has 0 saturated carbocycles. The smallest absolute Gasteiger partial charge is 0.339 e. The van der Waals surface area contributed by atoms with Gasteiger partial charge in [-0.15, -0.1) is 0 Å². The second kappa shape index (κ2) is 6.68. The Labute approximate surface area is 143 Å². The molecule has 0 fully saturated rings. The van der Waals surface area contributed by atoms with Crippen LogP contribution >= 0.6 is 11.6 Å². The monoisotopic (exact) mass is 341 g/mol. The summed E-state index contributed by atoms with van der Waals surface area (Å²) in [6.07, 6.45) is 3.64. The Bertz CT molecular complexity index is 886. The van der Waals surface area contributed by atoms with Gasteiger partial charge < -0.3 is 4.74 Å². The number of nitro benzene ring substituents is 1. The first-order chi connectivity index (χ1) is 11.5. The summed E-state index contributed by atoms with van der Waals surface area (Å²) in [6.45, 7) is 0. The topological polar surface area (TPSA) is 69.4 Å². The molecular formula is C18H12ClNO4. The lowest BCUT2D eigenvalue weighted by Crippen LogP contribution is -2.01. The van der Waals surface area contributed by atoms with Gasteiger partial charge in [0.15, 0.2) is 0 Å². The summed E-state index contributed by atoms with van der Waals surface area (Å²) < 4.78 is 5.21. The molecule has 0 aromatic heterocycles. The van der Waals surface area contributed by atoms with E-state index in [9.17, 15) is 14.9 Å². The van der Waals surface area contributed by atoms with Gasteiger partial charge in [-0.05, 0) is 35.4 Å². The van der Waals surface area contributed by atoms with Gasteiger partial charge >= 0.3 is 5.97 Å². The second-order valence-electron chi connectivity index (χ2n) is 5.26. The van der Waals surface area contributed by atoms with E-state index in [2.05, 4.69) is 0 Å². The summed E-state index contributed by atoms with van der Waals surface area (Å²) in [5.41, 5.74) is 1.99. The van der Waals surface area contributed by atoms with Crippen molar-refractivity contribution in [2.45, 2.75) is 6.42 Å². The normalized spacial score (nSPS) is 15.3. The Morgan fingerprint density at radius 1 is 1.17 bits per heavy atom. The number of hydrogen-bond acceptors (Lipinski definition) is 4. The second-order valence-corrected chi connectivity index (χ2v) is 5.70. The molecule has 0 radical (unpaired) electrons. The van der Waals surface area contributed by atoms with Gasteiger partial charge in [-0.25, -0.2) is 4.79 Å². The van der Waals surface area contributed by atoms with Gasteiger partial charge in [0.25, 0.3) is 5.69 Å². The van der Waals surface area contributed by atoms with Crippen molar-refractivity contribution >= 4 is 29.3 Å². The predicted octanol–water partition coefficient (Wildman–Crippen LogP) is 4.32. The zero-order valence-electron chi connectivity index (χ0n) is 12.4. The van der Waals surface area contributed by atoms with Crippen molar-refractivity contribution in [2.24, 2.45) is 0 Å². The number of nitrogens with zero attached hydrogens (tertiary/aromatic N) is 1. The average Bonchev–Trinajstić information content (AvgIpc) is 2.87. The van der Waals surface area contributed by atoms with E-state index in [1.165, 1.54) is 12.1 Å². The molecule has 5 nitrogen and oxygen atoms in total. The molecule has 0 saturated heterocycles. The molecule has 0 atom stereocenters. The third-order valence-electron chi connectivity index (χ3n) is 3.46. The highest BCUT2D eigenvalue weighted by molar-refractivity contribution is 6.30. The number of carbonyl (C=O) groups is 1. The number of non-ortho nitro benzene ring substituents is 1. The number of benzene rings is 2. The minimum atomic E-state index is -0.469. The van der Waals surface area contributed by atoms with Crippen LogP contribution in [0.15, 0.2) is 65.9 Å². The van der Waals surface area contributed by atoms with E-state index < -0.39 is 10.9 Å². The van der Waals surface area contributed by atoms with Gasteiger partial charge in [0.1, 0.15) is 5.76 Å². The van der Waals surface area contributed by atoms with Crippen molar-refractivity contribution in [1.82, 2.24) is 0 Å². The largest absolute Gasteiger partial charge is 0.423 e. The maximum Gasteiger partial charge on any atom is 0.339 e. The van der Waals surface area contributed by atoms with E-state index in [1.807, 2.05) is 12.1 Å². The molecule has 0 aliphatic carbocycles. The molecule has 2 aromatic carbocycles. The summed E-state index contributed by atoms with van der Waals surface area (Å²) in [6, 6.07) is 13.4. The third kappa shape index (κ3) is 3.70. The highest BCUT2D eigenvalue weighted by Crippen LogP contribution is 2.24. The van der Waals surface area contributed by atoms with Crippen LogP contribution in [0, 0.1) is 10.1 Å². The SMILES string of the molecule is O=C1O/C(=C\c2cccc([N+](=O)[O-])c2)C=C1Cc1cccc(Cl)c1. The molecule has 2 aromatic rings. The van der Waals surface area contributed by atoms with Crippen LogP contribution in [0.4, 0.5) is 5.69 Å². The molecule has 24 heavy (non-hydrogen) atoms.